The minimum Gasteiger partial charge on any atom is -0.467 e. The Morgan fingerprint density at radius 2 is 1.94 bits per heavy atom. The van der Waals surface area contributed by atoms with E-state index in [1.165, 1.54) is 7.11 Å². The molecule has 1 saturated heterocycles. The van der Waals surface area contributed by atoms with E-state index in [9.17, 15) is 9.59 Å². The van der Waals surface area contributed by atoms with E-state index >= 15 is 0 Å². The molecule has 0 aromatic rings. The lowest BCUT2D eigenvalue weighted by Crippen LogP contribution is -2.50. The zero-order chi connectivity index (χ0) is 12.3. The summed E-state index contributed by atoms with van der Waals surface area (Å²) in [5.74, 6) is -0.116. The average molecular weight is 237 g/mol. The van der Waals surface area contributed by atoms with E-state index in [0.29, 0.717) is 6.54 Å². The van der Waals surface area contributed by atoms with Crippen LogP contribution in [0.2, 0.25) is 0 Å². The summed E-state index contributed by atoms with van der Waals surface area (Å²) in [4.78, 5) is 25.7. The summed E-state index contributed by atoms with van der Waals surface area (Å²) in [7, 11) is 1.39. The van der Waals surface area contributed by atoms with Crippen LogP contribution in [0.1, 0.15) is 32.1 Å². The van der Waals surface area contributed by atoms with Crippen molar-refractivity contribution in [3.63, 3.8) is 0 Å². The van der Waals surface area contributed by atoms with Crippen molar-refractivity contribution in [3.05, 3.63) is 12.2 Å². The SMILES string of the molecule is COC(=O)[C@H]1CCCCN1C(=O)C1CC=CC1. The first kappa shape index (κ1) is 12.1. The van der Waals surface area contributed by atoms with Crippen molar-refractivity contribution < 1.29 is 14.3 Å². The van der Waals surface area contributed by atoms with Crippen LogP contribution in [0, 0.1) is 5.92 Å². The number of allylic oxidation sites excluding steroid dienone is 2. The Balaban J connectivity index is 2.05. The first-order chi connectivity index (χ1) is 8.24. The third kappa shape index (κ3) is 2.51. The summed E-state index contributed by atoms with van der Waals surface area (Å²) >= 11 is 0. The Morgan fingerprint density at radius 1 is 1.24 bits per heavy atom. The molecule has 0 saturated carbocycles. The molecule has 0 aromatic carbocycles. The fourth-order valence-electron chi connectivity index (χ4n) is 2.63. The maximum atomic E-state index is 12.3. The van der Waals surface area contributed by atoms with Gasteiger partial charge in [-0.05, 0) is 32.1 Å². The number of methoxy groups -OCH3 is 1. The van der Waals surface area contributed by atoms with E-state index in [2.05, 4.69) is 0 Å². The van der Waals surface area contributed by atoms with Gasteiger partial charge in [-0.3, -0.25) is 4.79 Å². The van der Waals surface area contributed by atoms with Crippen LogP contribution in [0.25, 0.3) is 0 Å². The molecule has 1 aliphatic heterocycles. The maximum Gasteiger partial charge on any atom is 0.328 e. The Kier molecular flexibility index (Phi) is 3.82. The molecule has 1 aliphatic carbocycles. The van der Waals surface area contributed by atoms with Gasteiger partial charge in [-0.1, -0.05) is 12.2 Å². The van der Waals surface area contributed by atoms with Gasteiger partial charge >= 0.3 is 5.97 Å². The topological polar surface area (TPSA) is 46.6 Å². The molecule has 1 atom stereocenters. The summed E-state index contributed by atoms with van der Waals surface area (Å²) in [6.07, 6.45) is 8.41. The number of piperidine rings is 1. The number of likely N-dealkylation sites (tertiary alicyclic amines) is 1. The zero-order valence-electron chi connectivity index (χ0n) is 10.2. The summed E-state index contributed by atoms with van der Waals surface area (Å²) in [5.41, 5.74) is 0. The minimum absolute atomic E-state index is 0.0419. The smallest absolute Gasteiger partial charge is 0.328 e. The van der Waals surface area contributed by atoms with Gasteiger partial charge in [0.25, 0.3) is 0 Å². The third-order valence-corrected chi connectivity index (χ3v) is 3.62. The van der Waals surface area contributed by atoms with Crippen LogP contribution in [-0.2, 0) is 14.3 Å². The second-order valence-corrected chi connectivity index (χ2v) is 4.71. The average Bonchev–Trinajstić information content (AvgIpc) is 2.91. The number of carbonyl (C=O) groups is 2. The highest BCUT2D eigenvalue weighted by Gasteiger charge is 2.35. The predicted octanol–water partition coefficient (Wildman–Crippen LogP) is 1.51. The highest BCUT2D eigenvalue weighted by Crippen LogP contribution is 2.25. The molecule has 2 aliphatic rings. The quantitative estimate of drug-likeness (QED) is 0.540. The lowest BCUT2D eigenvalue weighted by molar-refractivity contribution is -0.156. The molecule has 2 rings (SSSR count). The number of esters is 1. The van der Waals surface area contributed by atoms with Crippen molar-refractivity contribution in [1.29, 1.82) is 0 Å². The zero-order valence-corrected chi connectivity index (χ0v) is 10.2. The molecule has 94 valence electrons. The van der Waals surface area contributed by atoms with Gasteiger partial charge in [-0.25, -0.2) is 4.79 Å². The fourth-order valence-corrected chi connectivity index (χ4v) is 2.63. The van der Waals surface area contributed by atoms with E-state index < -0.39 is 0 Å². The molecule has 4 nitrogen and oxygen atoms in total. The highest BCUT2D eigenvalue weighted by atomic mass is 16.5. The standard InChI is InChI=1S/C13H19NO3/c1-17-13(16)11-8-4-5-9-14(11)12(15)10-6-2-3-7-10/h2-3,10-11H,4-9H2,1H3/t11-/m1/s1. The monoisotopic (exact) mass is 237 g/mol. The number of amides is 1. The van der Waals surface area contributed by atoms with Gasteiger partial charge in [0.2, 0.25) is 5.91 Å². The lowest BCUT2D eigenvalue weighted by atomic mass is 9.98. The van der Waals surface area contributed by atoms with Gasteiger partial charge in [0.15, 0.2) is 0 Å². The van der Waals surface area contributed by atoms with Crippen molar-refractivity contribution in [3.8, 4) is 0 Å². The molecule has 0 unspecified atom stereocenters. The summed E-state index contributed by atoms with van der Waals surface area (Å²) < 4.78 is 4.78. The van der Waals surface area contributed by atoms with Gasteiger partial charge in [-0.15, -0.1) is 0 Å². The lowest BCUT2D eigenvalue weighted by Gasteiger charge is -2.35. The van der Waals surface area contributed by atoms with E-state index in [-0.39, 0.29) is 23.8 Å². The van der Waals surface area contributed by atoms with Crippen LogP contribution in [0.15, 0.2) is 12.2 Å². The molecule has 0 spiro atoms. The van der Waals surface area contributed by atoms with Crippen molar-refractivity contribution >= 4 is 11.9 Å². The van der Waals surface area contributed by atoms with Crippen LogP contribution in [-0.4, -0.2) is 36.5 Å². The van der Waals surface area contributed by atoms with E-state index in [0.717, 1.165) is 32.1 Å². The number of ether oxygens (including phenoxy) is 1. The summed E-state index contributed by atoms with van der Waals surface area (Å²) in [6, 6.07) is -0.359. The Hall–Kier alpha value is -1.32. The van der Waals surface area contributed by atoms with Gasteiger partial charge in [0, 0.05) is 12.5 Å². The molecule has 0 bridgehead atoms. The van der Waals surface area contributed by atoms with Crippen molar-refractivity contribution in [2.24, 2.45) is 5.92 Å². The minimum atomic E-state index is -0.359. The second-order valence-electron chi connectivity index (χ2n) is 4.71. The van der Waals surface area contributed by atoms with Crippen molar-refractivity contribution in [2.75, 3.05) is 13.7 Å². The fraction of sp³-hybridized carbons (Fsp3) is 0.692. The first-order valence-corrected chi connectivity index (χ1v) is 6.27. The van der Waals surface area contributed by atoms with E-state index in [4.69, 9.17) is 4.74 Å². The van der Waals surface area contributed by atoms with Crippen molar-refractivity contribution in [2.45, 2.75) is 38.1 Å². The van der Waals surface area contributed by atoms with Gasteiger partial charge in [-0.2, -0.15) is 0 Å². The summed E-state index contributed by atoms with van der Waals surface area (Å²) in [5, 5.41) is 0. The van der Waals surface area contributed by atoms with E-state index in [1.54, 1.807) is 4.90 Å². The van der Waals surface area contributed by atoms with Gasteiger partial charge < -0.3 is 9.64 Å². The molecular formula is C13H19NO3. The number of nitrogens with zero attached hydrogens (tertiary/aromatic N) is 1. The Morgan fingerprint density at radius 3 is 2.59 bits per heavy atom. The molecule has 0 aromatic heterocycles. The largest absolute Gasteiger partial charge is 0.467 e. The first-order valence-electron chi connectivity index (χ1n) is 6.27. The molecule has 1 amide bonds. The molecule has 0 radical (unpaired) electrons. The number of hydrogen-bond donors (Lipinski definition) is 0. The van der Waals surface area contributed by atoms with Crippen LogP contribution < -0.4 is 0 Å². The van der Waals surface area contributed by atoms with Crippen LogP contribution in [0.4, 0.5) is 0 Å². The molecule has 0 N–H and O–H groups in total. The Labute approximate surface area is 102 Å². The van der Waals surface area contributed by atoms with E-state index in [1.807, 2.05) is 12.2 Å². The number of hydrogen-bond acceptors (Lipinski definition) is 3. The number of carbonyl (C=O) groups excluding carboxylic acids is 2. The molecule has 1 fully saturated rings. The van der Waals surface area contributed by atoms with Crippen molar-refractivity contribution in [1.82, 2.24) is 4.90 Å². The van der Waals surface area contributed by atoms with Gasteiger partial charge in [0.05, 0.1) is 7.11 Å². The second kappa shape index (κ2) is 5.34. The van der Waals surface area contributed by atoms with Crippen LogP contribution >= 0.6 is 0 Å². The number of rotatable bonds is 2. The Bertz CT molecular complexity index is 330. The van der Waals surface area contributed by atoms with Crippen LogP contribution in [0.3, 0.4) is 0 Å². The van der Waals surface area contributed by atoms with Gasteiger partial charge in [0.1, 0.15) is 6.04 Å². The third-order valence-electron chi connectivity index (χ3n) is 3.62. The predicted molar refractivity (Wildman–Crippen MR) is 63.2 cm³/mol. The highest BCUT2D eigenvalue weighted by molar-refractivity contribution is 5.86. The molecule has 1 heterocycles. The molecule has 17 heavy (non-hydrogen) atoms. The molecule has 4 heteroatoms. The maximum absolute atomic E-state index is 12.3. The van der Waals surface area contributed by atoms with Crippen LogP contribution in [0.5, 0.6) is 0 Å². The molecular weight excluding hydrogens is 218 g/mol. The summed E-state index contributed by atoms with van der Waals surface area (Å²) in [6.45, 7) is 0.690. The normalized spacial score (nSPS) is 25.0.